The summed E-state index contributed by atoms with van der Waals surface area (Å²) < 4.78 is 6.18. The van der Waals surface area contributed by atoms with Crippen molar-refractivity contribution in [3.8, 4) is 66.8 Å². The van der Waals surface area contributed by atoms with Crippen LogP contribution in [0.25, 0.3) is 99.5 Å². The maximum atomic E-state index is 6.18. The molecular weight excluding hydrogens is 799 g/mol. The molecule has 1 heterocycles. The smallest absolute Gasteiger partial charge is 0.135 e. The van der Waals surface area contributed by atoms with Gasteiger partial charge in [0.15, 0.2) is 0 Å². The Morgan fingerprint density at radius 2 is 0.727 bits per heavy atom. The van der Waals surface area contributed by atoms with Gasteiger partial charge in [-0.1, -0.05) is 206 Å². The summed E-state index contributed by atoms with van der Waals surface area (Å²) in [6.07, 6.45) is 0. The summed E-state index contributed by atoms with van der Waals surface area (Å²) in [5, 5.41) is 4.75. The molecule has 12 rings (SSSR count). The molecule has 66 heavy (non-hydrogen) atoms. The Morgan fingerprint density at radius 1 is 0.258 bits per heavy atom. The number of furan rings is 1. The molecule has 0 aliphatic heterocycles. The molecule has 0 saturated carbocycles. The van der Waals surface area contributed by atoms with Crippen LogP contribution in [0.15, 0.2) is 265 Å². The largest absolute Gasteiger partial charge is 0.456 e. The summed E-state index contributed by atoms with van der Waals surface area (Å²) in [5.41, 5.74) is 19.1. The average molecular weight is 842 g/mol. The zero-order valence-corrected chi connectivity index (χ0v) is 36.2. The Morgan fingerprint density at radius 3 is 1.41 bits per heavy atom. The fraction of sp³-hybridized carbons (Fsp3) is 0. The van der Waals surface area contributed by atoms with E-state index in [-0.39, 0.29) is 0 Å². The van der Waals surface area contributed by atoms with Crippen molar-refractivity contribution < 1.29 is 4.42 Å². The molecule has 0 radical (unpaired) electrons. The zero-order valence-electron chi connectivity index (χ0n) is 36.2. The minimum atomic E-state index is 0.897. The lowest BCUT2D eigenvalue weighted by molar-refractivity contribution is 0.669. The maximum absolute atomic E-state index is 6.18. The molecule has 2 heteroatoms. The Labute approximate surface area is 384 Å². The van der Waals surface area contributed by atoms with Crippen LogP contribution in [0.1, 0.15) is 0 Å². The van der Waals surface area contributed by atoms with Crippen molar-refractivity contribution in [3.05, 3.63) is 261 Å². The molecule has 0 spiro atoms. The summed E-state index contributed by atoms with van der Waals surface area (Å²) >= 11 is 0. The van der Waals surface area contributed by atoms with E-state index in [1.54, 1.807) is 0 Å². The van der Waals surface area contributed by atoms with Crippen LogP contribution in [-0.4, -0.2) is 0 Å². The summed E-state index contributed by atoms with van der Waals surface area (Å²) in [6, 6.07) is 94.1. The van der Waals surface area contributed by atoms with Gasteiger partial charge in [0.2, 0.25) is 0 Å². The molecule has 0 atom stereocenters. The van der Waals surface area contributed by atoms with Gasteiger partial charge in [0.25, 0.3) is 0 Å². The first-order valence-electron chi connectivity index (χ1n) is 22.6. The molecule has 12 aromatic rings. The first-order valence-corrected chi connectivity index (χ1v) is 22.6. The molecule has 0 fully saturated rings. The highest BCUT2D eigenvalue weighted by Gasteiger charge is 2.23. The van der Waals surface area contributed by atoms with E-state index in [0.717, 1.165) is 66.8 Å². The molecule has 0 unspecified atom stereocenters. The van der Waals surface area contributed by atoms with E-state index in [9.17, 15) is 0 Å². The van der Waals surface area contributed by atoms with Gasteiger partial charge in [0.1, 0.15) is 11.2 Å². The van der Waals surface area contributed by atoms with E-state index in [1.807, 2.05) is 12.1 Å². The van der Waals surface area contributed by atoms with Gasteiger partial charge in [-0.15, -0.1) is 0 Å². The van der Waals surface area contributed by atoms with Crippen molar-refractivity contribution in [2.24, 2.45) is 0 Å². The Kier molecular flexibility index (Phi) is 9.89. The predicted octanol–water partition coefficient (Wildman–Crippen LogP) is 18.2. The van der Waals surface area contributed by atoms with Gasteiger partial charge >= 0.3 is 0 Å². The quantitative estimate of drug-likeness (QED) is 0.144. The van der Waals surface area contributed by atoms with Crippen molar-refractivity contribution in [3.63, 3.8) is 0 Å². The molecule has 0 N–H and O–H groups in total. The van der Waals surface area contributed by atoms with Crippen LogP contribution in [0.2, 0.25) is 0 Å². The predicted molar refractivity (Wildman–Crippen MR) is 279 cm³/mol. The molecule has 0 aliphatic carbocycles. The van der Waals surface area contributed by atoms with Gasteiger partial charge in [-0.3, -0.25) is 0 Å². The lowest BCUT2D eigenvalue weighted by atomic mass is 9.87. The standard InChI is InChI=1S/C64H43NO/c1-3-15-49(16-4-1)56-20-9-10-22-59(56)64-57(50-17-5-2-6-18-50)23-13-24-61(64)65(55-39-34-48(35-40-55)53-36-41-63-60(43-53)58-21-11-12-25-62(58)66-63)54-37-32-46(33-38-54)45-26-28-47(29-27-45)52-31-30-44-14-7-8-19-51(44)42-52/h1-43H. The van der Waals surface area contributed by atoms with Gasteiger partial charge in [-0.2, -0.15) is 0 Å². The molecular formula is C64H43NO. The average Bonchev–Trinajstić information content (AvgIpc) is 3.78. The number of nitrogens with zero attached hydrogens (tertiary/aromatic N) is 1. The van der Waals surface area contributed by atoms with E-state index in [2.05, 4.69) is 254 Å². The second-order valence-electron chi connectivity index (χ2n) is 16.9. The van der Waals surface area contributed by atoms with Crippen LogP contribution in [0.3, 0.4) is 0 Å². The third kappa shape index (κ3) is 7.21. The van der Waals surface area contributed by atoms with Crippen molar-refractivity contribution >= 4 is 49.8 Å². The van der Waals surface area contributed by atoms with Crippen LogP contribution in [0.5, 0.6) is 0 Å². The highest BCUT2D eigenvalue weighted by Crippen LogP contribution is 2.48. The summed E-state index contributed by atoms with van der Waals surface area (Å²) in [6.45, 7) is 0. The molecule has 1 aromatic heterocycles. The van der Waals surface area contributed by atoms with Crippen molar-refractivity contribution in [2.45, 2.75) is 0 Å². The zero-order chi connectivity index (χ0) is 43.8. The second-order valence-corrected chi connectivity index (χ2v) is 16.9. The van der Waals surface area contributed by atoms with Crippen LogP contribution >= 0.6 is 0 Å². The van der Waals surface area contributed by atoms with E-state index in [1.165, 1.54) is 49.7 Å². The number of hydrogen-bond donors (Lipinski definition) is 0. The lowest BCUT2D eigenvalue weighted by Crippen LogP contribution is -2.12. The van der Waals surface area contributed by atoms with Crippen molar-refractivity contribution in [1.29, 1.82) is 0 Å². The second kappa shape index (κ2) is 16.8. The first kappa shape index (κ1) is 38.9. The van der Waals surface area contributed by atoms with Crippen LogP contribution in [0, 0.1) is 0 Å². The number of para-hydroxylation sites is 1. The Balaban J connectivity index is 0.991. The summed E-state index contributed by atoms with van der Waals surface area (Å²) in [5.74, 6) is 0. The highest BCUT2D eigenvalue weighted by atomic mass is 16.3. The van der Waals surface area contributed by atoms with E-state index >= 15 is 0 Å². The molecule has 0 aliphatic rings. The lowest BCUT2D eigenvalue weighted by Gasteiger charge is -2.30. The molecule has 0 amide bonds. The van der Waals surface area contributed by atoms with Gasteiger partial charge in [0, 0.05) is 27.7 Å². The van der Waals surface area contributed by atoms with Gasteiger partial charge in [0.05, 0.1) is 5.69 Å². The summed E-state index contributed by atoms with van der Waals surface area (Å²) in [7, 11) is 0. The van der Waals surface area contributed by atoms with Crippen molar-refractivity contribution in [1.82, 2.24) is 0 Å². The first-order chi connectivity index (χ1) is 32.7. The normalized spacial score (nSPS) is 11.3. The molecule has 2 nitrogen and oxygen atoms in total. The third-order valence-corrected chi connectivity index (χ3v) is 12.9. The molecule has 11 aromatic carbocycles. The number of fused-ring (bicyclic) bond motifs is 4. The van der Waals surface area contributed by atoms with Crippen molar-refractivity contribution in [2.75, 3.05) is 4.90 Å². The monoisotopic (exact) mass is 841 g/mol. The number of hydrogen-bond acceptors (Lipinski definition) is 2. The van der Waals surface area contributed by atoms with Gasteiger partial charge < -0.3 is 9.32 Å². The fourth-order valence-corrected chi connectivity index (χ4v) is 9.60. The maximum Gasteiger partial charge on any atom is 0.135 e. The van der Waals surface area contributed by atoms with E-state index in [0.29, 0.717) is 0 Å². The Bertz CT molecular complexity index is 3660. The van der Waals surface area contributed by atoms with Crippen LogP contribution in [-0.2, 0) is 0 Å². The molecule has 0 bridgehead atoms. The third-order valence-electron chi connectivity index (χ3n) is 12.9. The topological polar surface area (TPSA) is 16.4 Å². The van der Waals surface area contributed by atoms with Gasteiger partial charge in [-0.25, -0.2) is 0 Å². The number of benzene rings is 11. The number of anilines is 3. The van der Waals surface area contributed by atoms with Gasteiger partial charge in [-0.05, 0) is 127 Å². The molecule has 0 saturated heterocycles. The van der Waals surface area contributed by atoms with E-state index in [4.69, 9.17) is 4.42 Å². The summed E-state index contributed by atoms with van der Waals surface area (Å²) in [4.78, 5) is 2.42. The minimum absolute atomic E-state index is 0.897. The minimum Gasteiger partial charge on any atom is -0.456 e. The Hall–Kier alpha value is -8.72. The SMILES string of the molecule is c1ccc(-c2ccccc2-c2c(-c3ccccc3)cccc2N(c2ccc(-c3ccc(-c4ccc5ccccc5c4)cc3)cc2)c2ccc(-c3ccc4oc5ccccc5c4c3)cc2)cc1. The molecule has 310 valence electrons. The van der Waals surface area contributed by atoms with Crippen LogP contribution in [0.4, 0.5) is 17.1 Å². The van der Waals surface area contributed by atoms with E-state index < -0.39 is 0 Å². The highest BCUT2D eigenvalue weighted by molar-refractivity contribution is 6.06. The van der Waals surface area contributed by atoms with Crippen LogP contribution < -0.4 is 4.90 Å². The number of rotatable bonds is 9. The fourth-order valence-electron chi connectivity index (χ4n) is 9.60.